The van der Waals surface area contributed by atoms with Crippen molar-refractivity contribution in [2.75, 3.05) is 6.54 Å². The fourth-order valence-corrected chi connectivity index (χ4v) is 5.80. The van der Waals surface area contributed by atoms with Gasteiger partial charge in [0.05, 0.1) is 6.10 Å². The average molecular weight is 320 g/mol. The van der Waals surface area contributed by atoms with Crippen molar-refractivity contribution in [3.05, 3.63) is 33.8 Å². The minimum Gasteiger partial charge on any atom is -0.409 e. The minimum absolute atomic E-state index is 0.201. The smallest absolute Gasteiger partial charge is 0.192 e. The number of hydrogen-bond acceptors (Lipinski definition) is 2. The lowest BCUT2D eigenvalue weighted by Gasteiger charge is -2.33. The van der Waals surface area contributed by atoms with Gasteiger partial charge in [0.2, 0.25) is 0 Å². The third kappa shape index (κ3) is 3.96. The maximum atomic E-state index is 6.43. The first-order chi connectivity index (χ1) is 9.03. The molecule has 108 valence electrons. The quantitative estimate of drug-likeness (QED) is 0.716. The molecule has 0 saturated carbocycles. The fraction of sp³-hybridized carbons (Fsp3) is 0.571. The van der Waals surface area contributed by atoms with Crippen molar-refractivity contribution < 1.29 is 4.43 Å². The van der Waals surface area contributed by atoms with Crippen molar-refractivity contribution in [3.8, 4) is 0 Å². The number of nitrogens with two attached hydrogens (primary N) is 1. The lowest BCUT2D eigenvalue weighted by molar-refractivity contribution is 0.198. The van der Waals surface area contributed by atoms with Crippen LogP contribution in [0.1, 0.15) is 32.4 Å². The van der Waals surface area contributed by atoms with Gasteiger partial charge in [-0.05, 0) is 30.3 Å². The molecule has 2 N–H and O–H groups in total. The summed E-state index contributed by atoms with van der Waals surface area (Å²) in [4.78, 5) is 0. The molecule has 0 spiro atoms. The Morgan fingerprint density at radius 3 is 1.95 bits per heavy atom. The molecule has 0 bridgehead atoms. The van der Waals surface area contributed by atoms with Crippen LogP contribution >= 0.6 is 23.2 Å². The van der Waals surface area contributed by atoms with E-state index in [2.05, 4.69) is 20.8 Å². The summed E-state index contributed by atoms with van der Waals surface area (Å²) in [5.74, 6) is 0. The van der Waals surface area contributed by atoms with E-state index in [9.17, 15) is 0 Å². The van der Waals surface area contributed by atoms with Crippen LogP contribution in [-0.4, -0.2) is 14.9 Å². The third-order valence-electron chi connectivity index (χ3n) is 3.86. The van der Waals surface area contributed by atoms with Gasteiger partial charge in [0, 0.05) is 22.2 Å². The molecule has 0 unspecified atom stereocenters. The molecule has 0 aliphatic carbocycles. The van der Waals surface area contributed by atoms with Gasteiger partial charge in [-0.25, -0.2) is 0 Å². The Balaban J connectivity index is 3.07. The standard InChI is InChI=1S/C14H23Cl2NOSi/c1-4-19(5-2,6-3)18-13(10-17)14-11(15)8-7-9-12(14)16/h7-9,13H,4-6,10,17H2,1-3H3/t13-/m1/s1. The summed E-state index contributed by atoms with van der Waals surface area (Å²) >= 11 is 12.5. The molecule has 0 amide bonds. The summed E-state index contributed by atoms with van der Waals surface area (Å²) in [6, 6.07) is 8.76. The molecule has 0 fully saturated rings. The third-order valence-corrected chi connectivity index (χ3v) is 9.17. The fourth-order valence-electron chi connectivity index (χ4n) is 2.34. The Morgan fingerprint density at radius 2 is 1.58 bits per heavy atom. The SMILES string of the molecule is CC[Si](CC)(CC)O[C@H](CN)c1c(Cl)cccc1Cl. The zero-order chi connectivity index (χ0) is 14.5. The molecule has 0 radical (unpaired) electrons. The second-order valence-corrected chi connectivity index (χ2v) is 10.3. The molecule has 0 aromatic heterocycles. The molecular formula is C14H23Cl2NOSi. The summed E-state index contributed by atoms with van der Waals surface area (Å²) in [6.45, 7) is 6.99. The topological polar surface area (TPSA) is 35.2 Å². The molecule has 2 nitrogen and oxygen atoms in total. The van der Waals surface area contributed by atoms with Gasteiger partial charge in [0.1, 0.15) is 0 Å². The van der Waals surface area contributed by atoms with Crippen LogP contribution in [0.4, 0.5) is 0 Å². The lowest BCUT2D eigenvalue weighted by atomic mass is 10.1. The number of hydrogen-bond donors (Lipinski definition) is 1. The van der Waals surface area contributed by atoms with E-state index in [4.69, 9.17) is 33.4 Å². The van der Waals surface area contributed by atoms with E-state index in [-0.39, 0.29) is 6.10 Å². The van der Waals surface area contributed by atoms with E-state index in [1.807, 2.05) is 18.2 Å². The Morgan fingerprint density at radius 1 is 1.11 bits per heavy atom. The molecule has 0 aliphatic heterocycles. The Bertz CT molecular complexity index is 382. The predicted molar refractivity (Wildman–Crippen MR) is 86.5 cm³/mol. The molecule has 1 rings (SSSR count). The highest BCUT2D eigenvalue weighted by atomic mass is 35.5. The second kappa shape index (κ2) is 7.65. The summed E-state index contributed by atoms with van der Waals surface area (Å²) in [7, 11) is -1.73. The van der Waals surface area contributed by atoms with Crippen LogP contribution in [0.2, 0.25) is 28.2 Å². The van der Waals surface area contributed by atoms with E-state index >= 15 is 0 Å². The van der Waals surface area contributed by atoms with E-state index in [0.717, 1.165) is 23.7 Å². The largest absolute Gasteiger partial charge is 0.409 e. The molecule has 0 heterocycles. The summed E-state index contributed by atoms with van der Waals surface area (Å²) < 4.78 is 6.43. The van der Waals surface area contributed by atoms with Crippen molar-refractivity contribution in [2.24, 2.45) is 5.73 Å². The lowest BCUT2D eigenvalue weighted by Crippen LogP contribution is -2.39. The number of halogens is 2. The Hall–Kier alpha value is -0.0631. The molecule has 0 saturated heterocycles. The van der Waals surface area contributed by atoms with Gasteiger partial charge in [-0.15, -0.1) is 0 Å². The van der Waals surface area contributed by atoms with Gasteiger partial charge in [-0.1, -0.05) is 50.0 Å². The molecule has 19 heavy (non-hydrogen) atoms. The molecule has 1 atom stereocenters. The van der Waals surface area contributed by atoms with Crippen LogP contribution in [0, 0.1) is 0 Å². The van der Waals surface area contributed by atoms with Crippen molar-refractivity contribution in [1.29, 1.82) is 0 Å². The van der Waals surface area contributed by atoms with Crippen LogP contribution in [0.25, 0.3) is 0 Å². The molecule has 0 aliphatic rings. The first-order valence-electron chi connectivity index (χ1n) is 6.85. The van der Waals surface area contributed by atoms with Gasteiger partial charge in [0.25, 0.3) is 0 Å². The van der Waals surface area contributed by atoms with Crippen molar-refractivity contribution in [3.63, 3.8) is 0 Å². The molecule has 5 heteroatoms. The normalized spacial score (nSPS) is 13.6. The van der Waals surface area contributed by atoms with E-state index in [1.54, 1.807) is 0 Å². The van der Waals surface area contributed by atoms with Gasteiger partial charge in [-0.2, -0.15) is 0 Å². The second-order valence-electron chi connectivity index (χ2n) is 4.72. The summed E-state index contributed by atoms with van der Waals surface area (Å²) in [5, 5.41) is 1.27. The monoisotopic (exact) mass is 319 g/mol. The first-order valence-corrected chi connectivity index (χ1v) is 10.1. The van der Waals surface area contributed by atoms with Crippen LogP contribution < -0.4 is 5.73 Å². The maximum Gasteiger partial charge on any atom is 0.192 e. The zero-order valence-electron chi connectivity index (χ0n) is 11.9. The van der Waals surface area contributed by atoms with Crippen LogP contribution in [-0.2, 0) is 4.43 Å². The zero-order valence-corrected chi connectivity index (χ0v) is 14.4. The molecule has 1 aromatic rings. The average Bonchev–Trinajstić information content (AvgIpc) is 2.43. The highest BCUT2D eigenvalue weighted by Gasteiger charge is 2.33. The van der Waals surface area contributed by atoms with Gasteiger partial charge in [-0.3, -0.25) is 0 Å². The highest BCUT2D eigenvalue weighted by molar-refractivity contribution is 6.73. The van der Waals surface area contributed by atoms with Crippen LogP contribution in [0.15, 0.2) is 18.2 Å². The first kappa shape index (κ1) is 17.0. The molecular weight excluding hydrogens is 297 g/mol. The molecule has 1 aromatic carbocycles. The van der Waals surface area contributed by atoms with Crippen molar-refractivity contribution in [1.82, 2.24) is 0 Å². The van der Waals surface area contributed by atoms with E-state index in [1.165, 1.54) is 0 Å². The van der Waals surface area contributed by atoms with Gasteiger partial charge in [0.15, 0.2) is 8.32 Å². The number of benzene rings is 1. The van der Waals surface area contributed by atoms with E-state index in [0.29, 0.717) is 16.6 Å². The van der Waals surface area contributed by atoms with E-state index < -0.39 is 8.32 Å². The van der Waals surface area contributed by atoms with Gasteiger partial charge >= 0.3 is 0 Å². The minimum atomic E-state index is -1.73. The van der Waals surface area contributed by atoms with Gasteiger partial charge < -0.3 is 10.2 Å². The van der Waals surface area contributed by atoms with Crippen LogP contribution in [0.3, 0.4) is 0 Å². The number of rotatable bonds is 7. The Labute approximate surface area is 127 Å². The van der Waals surface area contributed by atoms with Crippen molar-refractivity contribution in [2.45, 2.75) is 45.0 Å². The Kier molecular flexibility index (Phi) is 6.84. The maximum absolute atomic E-state index is 6.43. The van der Waals surface area contributed by atoms with Crippen LogP contribution in [0.5, 0.6) is 0 Å². The predicted octanol–water partition coefficient (Wildman–Crippen LogP) is 5.02. The highest BCUT2D eigenvalue weighted by Crippen LogP contribution is 2.36. The summed E-state index contributed by atoms with van der Waals surface area (Å²) in [5.41, 5.74) is 6.73. The van der Waals surface area contributed by atoms with Crippen molar-refractivity contribution >= 4 is 31.5 Å². The summed E-state index contributed by atoms with van der Waals surface area (Å²) in [6.07, 6.45) is -0.201.